The summed E-state index contributed by atoms with van der Waals surface area (Å²) in [6.07, 6.45) is 1.72. The zero-order chi connectivity index (χ0) is 20.2. The van der Waals surface area contributed by atoms with E-state index < -0.39 is 0 Å². The van der Waals surface area contributed by atoms with Gasteiger partial charge in [-0.2, -0.15) is 0 Å². The highest BCUT2D eigenvalue weighted by Gasteiger charge is 2.09. The Labute approximate surface area is 178 Å². The summed E-state index contributed by atoms with van der Waals surface area (Å²) >= 11 is 7.31. The van der Waals surface area contributed by atoms with Gasteiger partial charge >= 0.3 is 0 Å². The summed E-state index contributed by atoms with van der Waals surface area (Å²) in [5, 5.41) is 6.39. The van der Waals surface area contributed by atoms with Gasteiger partial charge in [0.1, 0.15) is 0 Å². The van der Waals surface area contributed by atoms with Crippen molar-refractivity contribution in [3.63, 3.8) is 0 Å². The van der Waals surface area contributed by atoms with Crippen LogP contribution in [-0.4, -0.2) is 21.6 Å². The first kappa shape index (κ1) is 19.4. The highest BCUT2D eigenvalue weighted by atomic mass is 35.5. The van der Waals surface area contributed by atoms with Crippen molar-refractivity contribution in [2.24, 2.45) is 0 Å². The van der Waals surface area contributed by atoms with E-state index in [1.807, 2.05) is 37.3 Å². The lowest BCUT2D eigenvalue weighted by Crippen LogP contribution is -2.15. The Kier molecular flexibility index (Phi) is 5.79. The molecule has 1 N–H and O–H groups in total. The Morgan fingerprint density at radius 2 is 1.86 bits per heavy atom. The number of halogens is 1. The van der Waals surface area contributed by atoms with Crippen LogP contribution >= 0.6 is 23.4 Å². The van der Waals surface area contributed by atoms with Crippen molar-refractivity contribution >= 4 is 45.7 Å². The van der Waals surface area contributed by atoms with Crippen LogP contribution in [0.15, 0.2) is 78.1 Å². The molecule has 0 spiro atoms. The summed E-state index contributed by atoms with van der Waals surface area (Å²) < 4.78 is 0. The van der Waals surface area contributed by atoms with E-state index in [0.29, 0.717) is 15.9 Å². The Hall–Kier alpha value is -2.89. The third-order valence-corrected chi connectivity index (χ3v) is 5.58. The maximum absolute atomic E-state index is 12.3. The van der Waals surface area contributed by atoms with Gasteiger partial charge in [-0.3, -0.25) is 4.79 Å². The Balaban J connectivity index is 1.46. The van der Waals surface area contributed by atoms with Crippen LogP contribution in [-0.2, 0) is 4.79 Å². The van der Waals surface area contributed by atoms with Crippen LogP contribution < -0.4 is 5.32 Å². The van der Waals surface area contributed by atoms with Crippen LogP contribution in [0.2, 0.25) is 5.02 Å². The topological polar surface area (TPSA) is 54.9 Å². The third kappa shape index (κ3) is 4.75. The molecule has 0 atom stereocenters. The van der Waals surface area contributed by atoms with Crippen LogP contribution in [0.3, 0.4) is 0 Å². The second kappa shape index (κ2) is 8.64. The fourth-order valence-corrected chi connectivity index (χ4v) is 3.77. The van der Waals surface area contributed by atoms with Gasteiger partial charge in [-0.1, -0.05) is 65.8 Å². The van der Waals surface area contributed by atoms with Gasteiger partial charge in [0.25, 0.3) is 0 Å². The minimum absolute atomic E-state index is 0.125. The lowest BCUT2D eigenvalue weighted by Gasteiger charge is -2.09. The predicted molar refractivity (Wildman–Crippen MR) is 121 cm³/mol. The van der Waals surface area contributed by atoms with Crippen LogP contribution in [0.4, 0.5) is 5.69 Å². The minimum Gasteiger partial charge on any atom is -0.325 e. The Morgan fingerprint density at radius 1 is 1.03 bits per heavy atom. The zero-order valence-corrected chi connectivity index (χ0v) is 17.3. The highest BCUT2D eigenvalue weighted by Crippen LogP contribution is 2.25. The molecule has 0 fully saturated rings. The molecule has 29 heavy (non-hydrogen) atoms. The normalized spacial score (nSPS) is 10.8. The summed E-state index contributed by atoms with van der Waals surface area (Å²) in [7, 11) is 0. The Bertz CT molecular complexity index is 1200. The van der Waals surface area contributed by atoms with Gasteiger partial charge < -0.3 is 5.32 Å². The van der Waals surface area contributed by atoms with E-state index in [2.05, 4.69) is 39.6 Å². The van der Waals surface area contributed by atoms with E-state index in [4.69, 9.17) is 11.6 Å². The lowest BCUT2D eigenvalue weighted by atomic mass is 10.1. The number of nitrogens with one attached hydrogen (secondary N) is 1. The molecule has 0 unspecified atom stereocenters. The van der Waals surface area contributed by atoms with Crippen LogP contribution in [0.1, 0.15) is 5.56 Å². The summed E-state index contributed by atoms with van der Waals surface area (Å²) in [6, 6.07) is 21.8. The molecule has 0 saturated carbocycles. The van der Waals surface area contributed by atoms with E-state index in [-0.39, 0.29) is 11.7 Å². The molecular formula is C23H18ClN3OS. The first-order chi connectivity index (χ1) is 14.1. The molecule has 0 saturated heterocycles. The van der Waals surface area contributed by atoms with E-state index in [1.54, 1.807) is 18.3 Å². The molecule has 4 rings (SSSR count). The summed E-state index contributed by atoms with van der Waals surface area (Å²) in [5.41, 5.74) is 3.53. The number of amides is 1. The molecule has 6 heteroatoms. The second-order valence-electron chi connectivity index (χ2n) is 6.58. The molecule has 4 nitrogen and oxygen atoms in total. The predicted octanol–water partition coefficient (Wildman–Crippen LogP) is 5.99. The van der Waals surface area contributed by atoms with Crippen molar-refractivity contribution < 1.29 is 4.79 Å². The van der Waals surface area contributed by atoms with Crippen molar-refractivity contribution in [2.75, 3.05) is 11.1 Å². The molecule has 1 aromatic heterocycles. The molecular weight excluding hydrogens is 402 g/mol. The fourth-order valence-electron chi connectivity index (χ4n) is 2.97. The molecule has 1 heterocycles. The number of rotatable bonds is 5. The second-order valence-corrected chi connectivity index (χ2v) is 7.96. The van der Waals surface area contributed by atoms with Gasteiger partial charge in [-0.05, 0) is 47.5 Å². The van der Waals surface area contributed by atoms with Gasteiger partial charge in [0.05, 0.1) is 11.4 Å². The molecule has 0 aliphatic carbocycles. The molecule has 4 aromatic rings. The summed E-state index contributed by atoms with van der Waals surface area (Å²) in [4.78, 5) is 21.2. The van der Waals surface area contributed by atoms with Crippen molar-refractivity contribution in [3.8, 4) is 11.3 Å². The zero-order valence-electron chi connectivity index (χ0n) is 15.7. The monoisotopic (exact) mass is 419 g/mol. The molecule has 144 valence electrons. The minimum atomic E-state index is -0.125. The van der Waals surface area contributed by atoms with Gasteiger partial charge in [0.15, 0.2) is 5.16 Å². The number of thioether (sulfide) groups is 1. The number of fused-ring (bicyclic) bond motifs is 1. The third-order valence-electron chi connectivity index (χ3n) is 4.48. The van der Waals surface area contributed by atoms with E-state index in [0.717, 1.165) is 22.2 Å². The SMILES string of the molecule is Cc1ccc(Cl)cc1NC(=O)CSc1nccc(-c2ccc3ccccc3c2)n1. The van der Waals surface area contributed by atoms with Gasteiger partial charge in [-0.25, -0.2) is 9.97 Å². The standard InChI is InChI=1S/C23H18ClN3OS/c1-15-6-9-19(24)13-21(15)26-22(28)14-29-23-25-11-10-20(27-23)18-8-7-16-4-2-3-5-17(16)12-18/h2-13H,14H2,1H3,(H,26,28). The van der Waals surface area contributed by atoms with Crippen LogP contribution in [0.5, 0.6) is 0 Å². The van der Waals surface area contributed by atoms with Gasteiger partial charge in [0, 0.05) is 22.5 Å². The highest BCUT2D eigenvalue weighted by molar-refractivity contribution is 7.99. The number of carbonyl (C=O) groups excluding carboxylic acids is 1. The average Bonchev–Trinajstić information content (AvgIpc) is 2.75. The lowest BCUT2D eigenvalue weighted by molar-refractivity contribution is -0.113. The maximum atomic E-state index is 12.3. The van der Waals surface area contributed by atoms with Gasteiger partial charge in [-0.15, -0.1) is 0 Å². The smallest absolute Gasteiger partial charge is 0.234 e. The molecule has 0 aliphatic rings. The quantitative estimate of drug-likeness (QED) is 0.319. The van der Waals surface area contributed by atoms with Crippen molar-refractivity contribution in [2.45, 2.75) is 12.1 Å². The number of hydrogen-bond donors (Lipinski definition) is 1. The van der Waals surface area contributed by atoms with E-state index in [9.17, 15) is 4.79 Å². The molecule has 3 aromatic carbocycles. The fraction of sp³-hybridized carbons (Fsp3) is 0.0870. The number of nitrogens with zero attached hydrogens (tertiary/aromatic N) is 2. The number of carbonyl (C=O) groups is 1. The first-order valence-electron chi connectivity index (χ1n) is 9.09. The van der Waals surface area contributed by atoms with E-state index in [1.165, 1.54) is 17.1 Å². The molecule has 0 radical (unpaired) electrons. The van der Waals surface area contributed by atoms with Crippen molar-refractivity contribution in [3.05, 3.63) is 83.5 Å². The first-order valence-corrected chi connectivity index (χ1v) is 10.5. The molecule has 0 aliphatic heterocycles. The molecule has 0 bridgehead atoms. The summed E-state index contributed by atoms with van der Waals surface area (Å²) in [6.45, 7) is 1.93. The maximum Gasteiger partial charge on any atom is 0.234 e. The summed E-state index contributed by atoms with van der Waals surface area (Å²) in [5.74, 6) is 0.0905. The number of anilines is 1. The molecule has 1 amide bonds. The average molecular weight is 420 g/mol. The van der Waals surface area contributed by atoms with Crippen LogP contribution in [0, 0.1) is 6.92 Å². The largest absolute Gasteiger partial charge is 0.325 e. The van der Waals surface area contributed by atoms with Crippen molar-refractivity contribution in [1.82, 2.24) is 9.97 Å². The van der Waals surface area contributed by atoms with Gasteiger partial charge in [0.2, 0.25) is 5.91 Å². The number of hydrogen-bond acceptors (Lipinski definition) is 4. The van der Waals surface area contributed by atoms with Crippen molar-refractivity contribution in [1.29, 1.82) is 0 Å². The Morgan fingerprint density at radius 3 is 2.72 bits per heavy atom. The number of benzene rings is 3. The number of aromatic nitrogens is 2. The number of aryl methyl sites for hydroxylation is 1. The van der Waals surface area contributed by atoms with E-state index >= 15 is 0 Å². The van der Waals surface area contributed by atoms with Crippen LogP contribution in [0.25, 0.3) is 22.0 Å².